The topological polar surface area (TPSA) is 121 Å². The molecule has 2 N–H and O–H groups in total. The van der Waals surface area contributed by atoms with Crippen LogP contribution in [0.1, 0.15) is 32.9 Å². The molecule has 0 spiro atoms. The summed E-state index contributed by atoms with van der Waals surface area (Å²) in [6, 6.07) is 13.8. The minimum Gasteiger partial charge on any atom is -0.478 e. The number of anilines is 1. The van der Waals surface area contributed by atoms with Gasteiger partial charge in [-0.05, 0) is 31.2 Å². The fourth-order valence-electron chi connectivity index (χ4n) is 2.82. The van der Waals surface area contributed by atoms with Crippen molar-refractivity contribution >= 4 is 18.0 Å². The highest BCUT2D eigenvalue weighted by atomic mass is 16.5. The lowest BCUT2D eigenvalue weighted by Gasteiger charge is -2.08. The lowest BCUT2D eigenvalue weighted by Crippen LogP contribution is -2.03. The third-order valence-corrected chi connectivity index (χ3v) is 4.05. The number of hydrogen-bond donors (Lipinski definition) is 2. The van der Waals surface area contributed by atoms with Gasteiger partial charge in [-0.1, -0.05) is 18.2 Å². The van der Waals surface area contributed by atoms with Gasteiger partial charge in [0.2, 0.25) is 0 Å². The molecule has 29 heavy (non-hydrogen) atoms. The van der Waals surface area contributed by atoms with Gasteiger partial charge in [-0.25, -0.2) is 9.78 Å². The standard InChI is InChI=1S/C21H18N4O4/c1-13-9-14(12-28-2)18(10-22)20(24-13)25-23-11-15-7-8-19(29-15)16-5-3-4-6-17(16)21(26)27/h3-9,11H,12H2,1-2H3,(H,24,25)(H,26,27)/b23-11+. The summed E-state index contributed by atoms with van der Waals surface area (Å²) in [5.74, 6) is 0.114. The maximum Gasteiger partial charge on any atom is 0.336 e. The third kappa shape index (κ3) is 4.48. The number of nitriles is 1. The van der Waals surface area contributed by atoms with Crippen LogP contribution in [0.3, 0.4) is 0 Å². The van der Waals surface area contributed by atoms with Crippen molar-refractivity contribution in [3.8, 4) is 17.4 Å². The monoisotopic (exact) mass is 390 g/mol. The van der Waals surface area contributed by atoms with Crippen molar-refractivity contribution in [2.45, 2.75) is 13.5 Å². The molecule has 0 aliphatic heterocycles. The second-order valence-electron chi connectivity index (χ2n) is 6.11. The number of aryl methyl sites for hydroxylation is 1. The number of rotatable bonds is 7. The molecule has 2 aromatic heterocycles. The zero-order chi connectivity index (χ0) is 20.8. The lowest BCUT2D eigenvalue weighted by atomic mass is 10.1. The second kappa shape index (κ2) is 8.82. The number of nitrogens with zero attached hydrogens (tertiary/aromatic N) is 3. The number of pyridine rings is 1. The van der Waals surface area contributed by atoms with Gasteiger partial charge >= 0.3 is 5.97 Å². The number of nitrogens with one attached hydrogen (secondary N) is 1. The molecule has 3 aromatic rings. The Morgan fingerprint density at radius 2 is 2.17 bits per heavy atom. The van der Waals surface area contributed by atoms with E-state index in [2.05, 4.69) is 21.6 Å². The van der Waals surface area contributed by atoms with Crippen molar-refractivity contribution in [1.82, 2.24) is 4.98 Å². The number of carbonyl (C=O) groups is 1. The zero-order valence-electron chi connectivity index (χ0n) is 15.8. The van der Waals surface area contributed by atoms with E-state index >= 15 is 0 Å². The molecule has 8 nitrogen and oxygen atoms in total. The van der Waals surface area contributed by atoms with Gasteiger partial charge in [0, 0.05) is 23.9 Å². The number of carboxylic acid groups (broad SMARTS) is 1. The summed E-state index contributed by atoms with van der Waals surface area (Å²) in [6.45, 7) is 2.10. The summed E-state index contributed by atoms with van der Waals surface area (Å²) in [5, 5.41) is 22.8. The molecule has 0 saturated heterocycles. The van der Waals surface area contributed by atoms with Crippen LogP contribution >= 0.6 is 0 Å². The lowest BCUT2D eigenvalue weighted by molar-refractivity contribution is 0.0697. The molecule has 2 heterocycles. The average Bonchev–Trinajstić information content (AvgIpc) is 3.17. The van der Waals surface area contributed by atoms with Gasteiger partial charge in [0.1, 0.15) is 23.2 Å². The van der Waals surface area contributed by atoms with Crippen LogP contribution in [-0.2, 0) is 11.3 Å². The Morgan fingerprint density at radius 3 is 2.90 bits per heavy atom. The van der Waals surface area contributed by atoms with Crippen molar-refractivity contribution in [2.75, 3.05) is 12.5 Å². The van der Waals surface area contributed by atoms with Crippen LogP contribution in [-0.4, -0.2) is 29.4 Å². The summed E-state index contributed by atoms with van der Waals surface area (Å²) >= 11 is 0. The SMILES string of the molecule is COCc1cc(C)nc(N/N=C/c2ccc(-c3ccccc3C(=O)O)o2)c1C#N. The molecule has 8 heteroatoms. The van der Waals surface area contributed by atoms with Crippen molar-refractivity contribution in [3.05, 3.63) is 70.6 Å². The number of hydrazone groups is 1. The first-order chi connectivity index (χ1) is 14.0. The number of aromatic nitrogens is 1. The Kier molecular flexibility index (Phi) is 6.02. The van der Waals surface area contributed by atoms with Gasteiger partial charge in [0.05, 0.1) is 18.4 Å². The number of benzene rings is 1. The number of methoxy groups -OCH3 is 1. The summed E-state index contributed by atoms with van der Waals surface area (Å²) in [5.41, 5.74) is 5.17. The molecule has 146 valence electrons. The van der Waals surface area contributed by atoms with E-state index < -0.39 is 5.97 Å². The summed E-state index contributed by atoms with van der Waals surface area (Å²) in [7, 11) is 1.55. The first-order valence-electron chi connectivity index (χ1n) is 8.64. The van der Waals surface area contributed by atoms with Crippen LogP contribution in [0.15, 0.2) is 52.0 Å². The number of aromatic carboxylic acids is 1. The van der Waals surface area contributed by atoms with E-state index in [1.54, 1.807) is 43.5 Å². The molecular formula is C21H18N4O4. The van der Waals surface area contributed by atoms with Crippen LogP contribution in [0.4, 0.5) is 5.82 Å². The van der Waals surface area contributed by atoms with E-state index in [-0.39, 0.29) is 12.2 Å². The Morgan fingerprint density at radius 1 is 1.38 bits per heavy atom. The van der Waals surface area contributed by atoms with E-state index in [1.165, 1.54) is 12.3 Å². The first kappa shape index (κ1) is 19.8. The zero-order valence-corrected chi connectivity index (χ0v) is 15.8. The van der Waals surface area contributed by atoms with Gasteiger partial charge in [-0.15, -0.1) is 0 Å². The van der Waals surface area contributed by atoms with Crippen LogP contribution in [0.2, 0.25) is 0 Å². The normalized spacial score (nSPS) is 10.8. The van der Waals surface area contributed by atoms with Crippen molar-refractivity contribution in [2.24, 2.45) is 5.10 Å². The highest BCUT2D eigenvalue weighted by Crippen LogP contribution is 2.25. The number of furan rings is 1. The summed E-state index contributed by atoms with van der Waals surface area (Å²) in [6.07, 6.45) is 1.42. The fourth-order valence-corrected chi connectivity index (χ4v) is 2.82. The Balaban J connectivity index is 1.82. The van der Waals surface area contributed by atoms with Crippen LogP contribution in [0, 0.1) is 18.3 Å². The highest BCUT2D eigenvalue weighted by molar-refractivity contribution is 5.95. The Hall–Kier alpha value is -3.96. The van der Waals surface area contributed by atoms with E-state index in [9.17, 15) is 15.2 Å². The molecule has 3 rings (SSSR count). The molecule has 1 aromatic carbocycles. The van der Waals surface area contributed by atoms with E-state index in [0.29, 0.717) is 34.0 Å². The van der Waals surface area contributed by atoms with Crippen molar-refractivity contribution < 1.29 is 19.1 Å². The Labute approximate surface area is 167 Å². The van der Waals surface area contributed by atoms with Crippen molar-refractivity contribution in [1.29, 1.82) is 5.26 Å². The second-order valence-corrected chi connectivity index (χ2v) is 6.11. The van der Waals surface area contributed by atoms with Crippen LogP contribution in [0.25, 0.3) is 11.3 Å². The number of ether oxygens (including phenoxy) is 1. The number of hydrogen-bond acceptors (Lipinski definition) is 7. The van der Waals surface area contributed by atoms with Gasteiger partial charge in [0.25, 0.3) is 0 Å². The van der Waals surface area contributed by atoms with Gasteiger partial charge < -0.3 is 14.3 Å². The van der Waals surface area contributed by atoms with Gasteiger partial charge in [0.15, 0.2) is 5.82 Å². The predicted molar refractivity (Wildman–Crippen MR) is 107 cm³/mol. The van der Waals surface area contributed by atoms with Crippen molar-refractivity contribution in [3.63, 3.8) is 0 Å². The van der Waals surface area contributed by atoms with E-state index in [1.807, 2.05) is 6.92 Å². The summed E-state index contributed by atoms with van der Waals surface area (Å²) < 4.78 is 10.8. The molecule has 0 amide bonds. The molecule has 0 bridgehead atoms. The fraction of sp³-hybridized carbons (Fsp3) is 0.143. The van der Waals surface area contributed by atoms with Crippen LogP contribution < -0.4 is 5.43 Å². The molecule has 0 aliphatic carbocycles. The minimum atomic E-state index is -1.03. The highest BCUT2D eigenvalue weighted by Gasteiger charge is 2.14. The summed E-state index contributed by atoms with van der Waals surface area (Å²) in [4.78, 5) is 15.7. The quantitative estimate of drug-likeness (QED) is 0.465. The molecule has 0 fully saturated rings. The molecule has 0 aliphatic rings. The Bertz CT molecular complexity index is 1110. The van der Waals surface area contributed by atoms with E-state index in [4.69, 9.17) is 9.15 Å². The smallest absolute Gasteiger partial charge is 0.336 e. The van der Waals surface area contributed by atoms with Crippen LogP contribution in [0.5, 0.6) is 0 Å². The maximum absolute atomic E-state index is 11.4. The molecule has 0 unspecified atom stereocenters. The third-order valence-electron chi connectivity index (χ3n) is 4.05. The van der Waals surface area contributed by atoms with E-state index in [0.717, 1.165) is 5.69 Å². The average molecular weight is 390 g/mol. The maximum atomic E-state index is 11.4. The molecule has 0 radical (unpaired) electrons. The number of carboxylic acids is 1. The molecular weight excluding hydrogens is 372 g/mol. The minimum absolute atomic E-state index is 0.150. The first-order valence-corrected chi connectivity index (χ1v) is 8.64. The van der Waals surface area contributed by atoms with Gasteiger partial charge in [-0.3, -0.25) is 5.43 Å². The molecule has 0 saturated carbocycles. The predicted octanol–water partition coefficient (Wildman–Crippen LogP) is 3.81. The van der Waals surface area contributed by atoms with Gasteiger partial charge in [-0.2, -0.15) is 10.4 Å². The largest absolute Gasteiger partial charge is 0.478 e. The molecule has 0 atom stereocenters.